The first-order valence-electron chi connectivity index (χ1n) is 3.51. The van der Waals surface area contributed by atoms with E-state index < -0.39 is 0 Å². The minimum absolute atomic E-state index is 0.824. The molecule has 2 heterocycles. The van der Waals surface area contributed by atoms with Gasteiger partial charge >= 0.3 is 0 Å². The number of aromatic nitrogens is 2. The smallest absolute Gasteiger partial charge is 0.149 e. The second kappa shape index (κ2) is 2.65. The molecule has 1 aromatic heterocycles. The van der Waals surface area contributed by atoms with Crippen molar-refractivity contribution in [1.82, 2.24) is 15.3 Å². The summed E-state index contributed by atoms with van der Waals surface area (Å²) in [7, 11) is 0. The molecule has 0 aromatic carbocycles. The molecular formula is C7H8N4. The van der Waals surface area contributed by atoms with Gasteiger partial charge in [0.05, 0.1) is 12.7 Å². The van der Waals surface area contributed by atoms with Crippen molar-refractivity contribution in [3.05, 3.63) is 24.3 Å². The van der Waals surface area contributed by atoms with Crippen molar-refractivity contribution < 1.29 is 0 Å². The summed E-state index contributed by atoms with van der Waals surface area (Å²) in [5.41, 5.74) is 0.824. The predicted molar refractivity (Wildman–Crippen MR) is 41.4 cm³/mol. The van der Waals surface area contributed by atoms with Crippen LogP contribution in [0.25, 0.3) is 0 Å². The van der Waals surface area contributed by atoms with Crippen LogP contribution in [0.5, 0.6) is 0 Å². The van der Waals surface area contributed by atoms with E-state index in [1.807, 2.05) is 0 Å². The van der Waals surface area contributed by atoms with Crippen LogP contribution in [0.2, 0.25) is 0 Å². The molecule has 0 spiro atoms. The Balaban J connectivity index is 2.29. The van der Waals surface area contributed by atoms with Gasteiger partial charge in [-0.2, -0.15) is 0 Å². The van der Waals surface area contributed by atoms with Crippen LogP contribution in [-0.2, 0) is 0 Å². The van der Waals surface area contributed by atoms with Gasteiger partial charge in [-0.25, -0.2) is 4.98 Å². The van der Waals surface area contributed by atoms with Crippen molar-refractivity contribution in [3.8, 4) is 0 Å². The normalized spacial score (nSPS) is 15.8. The molecule has 1 aliphatic heterocycles. The average Bonchev–Trinajstić information content (AvgIpc) is 2.58. The van der Waals surface area contributed by atoms with Gasteiger partial charge < -0.3 is 5.32 Å². The van der Waals surface area contributed by atoms with Gasteiger partial charge in [0.25, 0.3) is 0 Å². The Morgan fingerprint density at radius 1 is 1.36 bits per heavy atom. The van der Waals surface area contributed by atoms with Crippen LogP contribution in [0.1, 0.15) is 5.69 Å². The zero-order valence-electron chi connectivity index (χ0n) is 5.99. The van der Waals surface area contributed by atoms with Gasteiger partial charge in [-0.3, -0.25) is 9.98 Å². The third-order valence-electron chi connectivity index (χ3n) is 1.48. The standard InChI is InChI=1S/C7H8N4/c1-2-9-6(5-8-1)7-10-3-4-11-7/h1-2,5H,3-4H2,(H,10,11). The highest BCUT2D eigenvalue weighted by atomic mass is 15.1. The van der Waals surface area contributed by atoms with Crippen molar-refractivity contribution in [2.45, 2.75) is 0 Å². The van der Waals surface area contributed by atoms with Gasteiger partial charge in [0.2, 0.25) is 0 Å². The molecule has 4 heteroatoms. The van der Waals surface area contributed by atoms with Crippen LogP contribution >= 0.6 is 0 Å². The van der Waals surface area contributed by atoms with Gasteiger partial charge in [0.1, 0.15) is 11.5 Å². The summed E-state index contributed by atoms with van der Waals surface area (Å²) in [5, 5.41) is 3.12. The van der Waals surface area contributed by atoms with Crippen LogP contribution < -0.4 is 5.32 Å². The Morgan fingerprint density at radius 3 is 3.00 bits per heavy atom. The summed E-state index contributed by atoms with van der Waals surface area (Å²) in [6.45, 7) is 1.75. The molecule has 0 bridgehead atoms. The minimum Gasteiger partial charge on any atom is -0.367 e. The lowest BCUT2D eigenvalue weighted by molar-refractivity contribution is 0.957. The van der Waals surface area contributed by atoms with E-state index in [2.05, 4.69) is 20.3 Å². The summed E-state index contributed by atoms with van der Waals surface area (Å²) in [4.78, 5) is 12.3. The Kier molecular flexibility index (Phi) is 1.51. The molecule has 56 valence electrons. The molecule has 1 N–H and O–H groups in total. The molecule has 1 aromatic rings. The maximum Gasteiger partial charge on any atom is 0.149 e. The number of hydrogen-bond acceptors (Lipinski definition) is 4. The van der Waals surface area contributed by atoms with E-state index in [9.17, 15) is 0 Å². The number of aliphatic imine (C=N–C) groups is 1. The lowest BCUT2D eigenvalue weighted by atomic mass is 10.4. The lowest BCUT2D eigenvalue weighted by Gasteiger charge is -1.97. The molecular weight excluding hydrogens is 140 g/mol. The van der Waals surface area contributed by atoms with Crippen molar-refractivity contribution in [2.24, 2.45) is 4.99 Å². The maximum absolute atomic E-state index is 4.21. The van der Waals surface area contributed by atoms with Crippen molar-refractivity contribution in [3.63, 3.8) is 0 Å². The molecule has 11 heavy (non-hydrogen) atoms. The van der Waals surface area contributed by atoms with Crippen LogP contribution in [0.3, 0.4) is 0 Å². The van der Waals surface area contributed by atoms with Crippen LogP contribution in [0, 0.1) is 0 Å². The lowest BCUT2D eigenvalue weighted by Crippen LogP contribution is -2.20. The fourth-order valence-corrected chi connectivity index (χ4v) is 0.991. The predicted octanol–water partition coefficient (Wildman–Crippen LogP) is -0.174. The van der Waals surface area contributed by atoms with E-state index in [-0.39, 0.29) is 0 Å². The quantitative estimate of drug-likeness (QED) is 0.601. The number of nitrogens with zero attached hydrogens (tertiary/aromatic N) is 3. The topological polar surface area (TPSA) is 50.2 Å². The van der Waals surface area contributed by atoms with Crippen LogP contribution in [0.15, 0.2) is 23.6 Å². The molecule has 0 aliphatic carbocycles. The molecule has 0 fully saturated rings. The van der Waals surface area contributed by atoms with E-state index in [4.69, 9.17) is 0 Å². The molecule has 4 nitrogen and oxygen atoms in total. The fraction of sp³-hybridized carbons (Fsp3) is 0.286. The Morgan fingerprint density at radius 2 is 2.36 bits per heavy atom. The van der Waals surface area contributed by atoms with Gasteiger partial charge in [-0.05, 0) is 0 Å². The summed E-state index contributed by atoms with van der Waals surface area (Å²) >= 11 is 0. The number of nitrogens with one attached hydrogen (secondary N) is 1. The highest BCUT2D eigenvalue weighted by Gasteiger charge is 2.07. The van der Waals surface area contributed by atoms with Gasteiger partial charge in [0.15, 0.2) is 0 Å². The molecule has 0 saturated carbocycles. The summed E-state index contributed by atoms with van der Waals surface area (Å²) in [6, 6.07) is 0. The third kappa shape index (κ3) is 1.19. The molecule has 0 radical (unpaired) electrons. The van der Waals surface area contributed by atoms with Crippen LogP contribution in [0.4, 0.5) is 0 Å². The maximum atomic E-state index is 4.21. The van der Waals surface area contributed by atoms with Crippen LogP contribution in [-0.4, -0.2) is 28.9 Å². The largest absolute Gasteiger partial charge is 0.367 e. The number of hydrogen-bond donors (Lipinski definition) is 1. The molecule has 2 rings (SSSR count). The number of amidine groups is 1. The van der Waals surface area contributed by atoms with E-state index >= 15 is 0 Å². The molecule has 0 amide bonds. The zero-order valence-corrected chi connectivity index (χ0v) is 5.99. The highest BCUT2D eigenvalue weighted by molar-refractivity contribution is 5.97. The minimum atomic E-state index is 0.824. The van der Waals surface area contributed by atoms with E-state index in [1.165, 1.54) is 0 Å². The highest BCUT2D eigenvalue weighted by Crippen LogP contribution is 1.95. The molecule has 0 atom stereocenters. The fourth-order valence-electron chi connectivity index (χ4n) is 0.991. The van der Waals surface area contributed by atoms with Gasteiger partial charge in [-0.15, -0.1) is 0 Å². The van der Waals surface area contributed by atoms with Crippen molar-refractivity contribution in [2.75, 3.05) is 13.1 Å². The number of rotatable bonds is 1. The van der Waals surface area contributed by atoms with Crippen molar-refractivity contribution in [1.29, 1.82) is 0 Å². The Bertz CT molecular complexity index is 267. The van der Waals surface area contributed by atoms with E-state index in [0.717, 1.165) is 24.6 Å². The first-order valence-corrected chi connectivity index (χ1v) is 3.51. The zero-order chi connectivity index (χ0) is 7.52. The second-order valence-electron chi connectivity index (χ2n) is 2.25. The van der Waals surface area contributed by atoms with E-state index in [1.54, 1.807) is 18.6 Å². The Labute approximate surface area is 64.4 Å². The third-order valence-corrected chi connectivity index (χ3v) is 1.48. The van der Waals surface area contributed by atoms with Gasteiger partial charge in [0, 0.05) is 18.9 Å². The Hall–Kier alpha value is -1.45. The summed E-state index contributed by atoms with van der Waals surface area (Å²) in [6.07, 6.45) is 5.02. The van der Waals surface area contributed by atoms with E-state index in [0.29, 0.717) is 0 Å². The first kappa shape index (κ1) is 6.27. The summed E-state index contributed by atoms with van der Waals surface area (Å²) < 4.78 is 0. The SMILES string of the molecule is c1cnc(C2=NCCN2)cn1. The molecule has 0 unspecified atom stereocenters. The summed E-state index contributed by atoms with van der Waals surface area (Å²) in [5.74, 6) is 0.859. The molecule has 1 aliphatic rings. The van der Waals surface area contributed by atoms with Crippen molar-refractivity contribution >= 4 is 5.84 Å². The average molecular weight is 148 g/mol. The monoisotopic (exact) mass is 148 g/mol. The first-order chi connectivity index (χ1) is 5.47. The van der Waals surface area contributed by atoms with Gasteiger partial charge in [-0.1, -0.05) is 0 Å². The second-order valence-corrected chi connectivity index (χ2v) is 2.25. The molecule has 0 saturated heterocycles.